The maximum absolute atomic E-state index is 12.5. The number of nitrogens with zero attached hydrogens (tertiary/aromatic N) is 2. The molecule has 1 N–H and O–H groups in total. The van der Waals surface area contributed by atoms with Gasteiger partial charge in [0.25, 0.3) is 0 Å². The number of benzene rings is 1. The first-order valence-electron chi connectivity index (χ1n) is 8.72. The van der Waals surface area contributed by atoms with Crippen LogP contribution in [0, 0.1) is 0 Å². The molecule has 152 valence electrons. The molecule has 1 aliphatic rings. The molecule has 10 heteroatoms. The van der Waals surface area contributed by atoms with Gasteiger partial charge in [-0.25, -0.2) is 8.42 Å². The van der Waals surface area contributed by atoms with E-state index in [4.69, 9.17) is 27.9 Å². The largest absolute Gasteiger partial charge is 0.379 e. The van der Waals surface area contributed by atoms with Crippen LogP contribution in [-0.4, -0.2) is 70.9 Å². The van der Waals surface area contributed by atoms with Crippen LogP contribution in [0.15, 0.2) is 18.2 Å². The van der Waals surface area contributed by atoms with Crippen LogP contribution in [0.3, 0.4) is 0 Å². The van der Waals surface area contributed by atoms with Crippen LogP contribution >= 0.6 is 23.2 Å². The summed E-state index contributed by atoms with van der Waals surface area (Å²) in [6.45, 7) is 6.13. The van der Waals surface area contributed by atoms with E-state index in [1.165, 1.54) is 18.2 Å². The lowest BCUT2D eigenvalue weighted by atomic mass is 10.2. The number of halogens is 2. The number of carbonyl (C=O) groups is 1. The normalized spacial score (nSPS) is 16.7. The number of sulfonamides is 1. The van der Waals surface area contributed by atoms with Gasteiger partial charge < -0.3 is 10.1 Å². The first-order valence-corrected chi connectivity index (χ1v) is 11.3. The molecular formula is C17H25Cl2N3O4S. The predicted octanol–water partition coefficient (Wildman–Crippen LogP) is 1.99. The van der Waals surface area contributed by atoms with Crippen LogP contribution in [0.1, 0.15) is 13.3 Å². The highest BCUT2D eigenvalue weighted by molar-refractivity contribution is 7.92. The number of nitrogens with one attached hydrogen (secondary N) is 1. The van der Waals surface area contributed by atoms with E-state index >= 15 is 0 Å². The molecule has 1 fully saturated rings. The van der Waals surface area contributed by atoms with Gasteiger partial charge in [0.2, 0.25) is 15.9 Å². The zero-order valence-electron chi connectivity index (χ0n) is 15.5. The van der Waals surface area contributed by atoms with Gasteiger partial charge in [-0.15, -0.1) is 0 Å². The van der Waals surface area contributed by atoms with Crippen molar-refractivity contribution in [3.63, 3.8) is 0 Å². The summed E-state index contributed by atoms with van der Waals surface area (Å²) >= 11 is 11.9. The Bertz CT molecular complexity index is 755. The summed E-state index contributed by atoms with van der Waals surface area (Å²) in [5.74, 6) is -0.367. The molecule has 2 rings (SSSR count). The summed E-state index contributed by atoms with van der Waals surface area (Å²) in [7, 11) is -3.69. The molecule has 1 aromatic rings. The molecule has 0 bridgehead atoms. The predicted molar refractivity (Wildman–Crippen MR) is 108 cm³/mol. The van der Waals surface area contributed by atoms with Gasteiger partial charge in [0.05, 0.1) is 35.2 Å². The summed E-state index contributed by atoms with van der Waals surface area (Å²) in [5, 5.41) is 3.35. The standard InChI is InChI=1S/C17H25Cl2N3O4S/c1-13(17(23)20-6-3-7-21-8-10-26-11-9-21)22(27(2,24)25)14-4-5-15(18)16(19)12-14/h4-5,12-13H,3,6-11H2,1-2H3,(H,20,23)/t13-/m0/s1. The number of carbonyl (C=O) groups excluding carboxylic acids is 1. The molecule has 7 nitrogen and oxygen atoms in total. The average Bonchev–Trinajstić information content (AvgIpc) is 2.61. The van der Waals surface area contributed by atoms with Crippen molar-refractivity contribution >= 4 is 44.8 Å². The van der Waals surface area contributed by atoms with Crippen LogP contribution in [0.2, 0.25) is 10.0 Å². The molecule has 0 spiro atoms. The average molecular weight is 438 g/mol. The Balaban J connectivity index is 1.96. The van der Waals surface area contributed by atoms with Crippen LogP contribution in [0.4, 0.5) is 5.69 Å². The minimum absolute atomic E-state index is 0.223. The Morgan fingerprint density at radius 2 is 1.96 bits per heavy atom. The van der Waals surface area contributed by atoms with Crippen LogP contribution < -0.4 is 9.62 Å². The van der Waals surface area contributed by atoms with Crippen molar-refractivity contribution < 1.29 is 17.9 Å². The van der Waals surface area contributed by atoms with Gasteiger partial charge in [0.1, 0.15) is 6.04 Å². The lowest BCUT2D eigenvalue weighted by Gasteiger charge is -2.29. The molecule has 1 atom stereocenters. The number of amides is 1. The monoisotopic (exact) mass is 437 g/mol. The van der Waals surface area contributed by atoms with E-state index in [9.17, 15) is 13.2 Å². The van der Waals surface area contributed by atoms with Gasteiger partial charge in [-0.05, 0) is 38.1 Å². The second-order valence-corrected chi connectivity index (χ2v) is 9.11. The van der Waals surface area contributed by atoms with E-state index < -0.39 is 16.1 Å². The maximum Gasteiger partial charge on any atom is 0.243 e. The van der Waals surface area contributed by atoms with E-state index in [-0.39, 0.29) is 10.9 Å². The molecule has 1 heterocycles. The smallest absolute Gasteiger partial charge is 0.243 e. The van der Waals surface area contributed by atoms with Crippen molar-refractivity contribution in [1.82, 2.24) is 10.2 Å². The topological polar surface area (TPSA) is 79.0 Å². The number of rotatable bonds is 8. The molecule has 0 saturated carbocycles. The number of hydrogen-bond donors (Lipinski definition) is 1. The van der Waals surface area contributed by atoms with Gasteiger partial charge in [-0.3, -0.25) is 14.0 Å². The minimum atomic E-state index is -3.69. The molecule has 1 amide bonds. The Morgan fingerprint density at radius 1 is 1.30 bits per heavy atom. The Hall–Kier alpha value is -1.06. The van der Waals surface area contributed by atoms with E-state index in [1.54, 1.807) is 6.92 Å². The number of anilines is 1. The van der Waals surface area contributed by atoms with Crippen molar-refractivity contribution in [2.45, 2.75) is 19.4 Å². The first-order chi connectivity index (χ1) is 12.7. The SMILES string of the molecule is C[C@@H](C(=O)NCCCN1CCOCC1)N(c1ccc(Cl)c(Cl)c1)S(C)(=O)=O. The van der Waals surface area contributed by atoms with E-state index in [0.717, 1.165) is 49.8 Å². The van der Waals surface area contributed by atoms with Crippen molar-refractivity contribution in [3.8, 4) is 0 Å². The molecular weight excluding hydrogens is 413 g/mol. The molecule has 1 aromatic carbocycles. The van der Waals surface area contributed by atoms with Crippen LogP contribution in [-0.2, 0) is 19.6 Å². The third-order valence-corrected chi connectivity index (χ3v) is 6.28. The summed E-state index contributed by atoms with van der Waals surface area (Å²) in [6, 6.07) is 3.55. The maximum atomic E-state index is 12.5. The highest BCUT2D eigenvalue weighted by atomic mass is 35.5. The van der Waals surface area contributed by atoms with Gasteiger partial charge in [0, 0.05) is 19.6 Å². The molecule has 27 heavy (non-hydrogen) atoms. The van der Waals surface area contributed by atoms with Crippen molar-refractivity contribution in [2.75, 3.05) is 50.0 Å². The van der Waals surface area contributed by atoms with E-state index in [0.29, 0.717) is 17.3 Å². The fraction of sp³-hybridized carbons (Fsp3) is 0.588. The Kier molecular flexibility index (Phi) is 8.18. The van der Waals surface area contributed by atoms with Gasteiger partial charge in [0.15, 0.2) is 0 Å². The molecule has 0 aromatic heterocycles. The highest BCUT2D eigenvalue weighted by Gasteiger charge is 2.29. The molecule has 0 unspecified atom stereocenters. The highest BCUT2D eigenvalue weighted by Crippen LogP contribution is 2.29. The summed E-state index contributed by atoms with van der Waals surface area (Å²) in [5.41, 5.74) is 0.294. The van der Waals surface area contributed by atoms with Gasteiger partial charge >= 0.3 is 0 Å². The summed E-state index contributed by atoms with van der Waals surface area (Å²) in [4.78, 5) is 14.8. The fourth-order valence-corrected chi connectivity index (χ4v) is 4.38. The molecule has 1 aliphatic heterocycles. The van der Waals surface area contributed by atoms with E-state index in [2.05, 4.69) is 10.2 Å². The lowest BCUT2D eigenvalue weighted by Crippen LogP contribution is -2.48. The first kappa shape index (κ1) is 22.2. The third kappa shape index (κ3) is 6.50. The second kappa shape index (κ2) is 9.93. The lowest BCUT2D eigenvalue weighted by molar-refractivity contribution is -0.121. The van der Waals surface area contributed by atoms with Crippen molar-refractivity contribution in [2.24, 2.45) is 0 Å². The third-order valence-electron chi connectivity index (χ3n) is 4.30. The van der Waals surface area contributed by atoms with Crippen LogP contribution in [0.5, 0.6) is 0 Å². The Morgan fingerprint density at radius 3 is 2.56 bits per heavy atom. The second-order valence-electron chi connectivity index (χ2n) is 6.43. The molecule has 0 aliphatic carbocycles. The quantitative estimate of drug-likeness (QED) is 0.628. The molecule has 1 saturated heterocycles. The van der Waals surface area contributed by atoms with Gasteiger partial charge in [-0.1, -0.05) is 23.2 Å². The van der Waals surface area contributed by atoms with Crippen LogP contribution in [0.25, 0.3) is 0 Å². The number of morpholine rings is 1. The fourth-order valence-electron chi connectivity index (χ4n) is 2.92. The molecule has 0 radical (unpaired) electrons. The van der Waals surface area contributed by atoms with Crippen molar-refractivity contribution in [3.05, 3.63) is 28.2 Å². The zero-order valence-corrected chi connectivity index (χ0v) is 17.8. The van der Waals surface area contributed by atoms with E-state index in [1.807, 2.05) is 0 Å². The Labute approximate surface area is 170 Å². The van der Waals surface area contributed by atoms with Gasteiger partial charge in [-0.2, -0.15) is 0 Å². The van der Waals surface area contributed by atoms with Crippen molar-refractivity contribution in [1.29, 1.82) is 0 Å². The zero-order chi connectivity index (χ0) is 20.0. The number of hydrogen-bond acceptors (Lipinski definition) is 5. The minimum Gasteiger partial charge on any atom is -0.379 e. The summed E-state index contributed by atoms with van der Waals surface area (Å²) in [6.07, 6.45) is 1.84. The summed E-state index contributed by atoms with van der Waals surface area (Å²) < 4.78 is 30.9. The number of ether oxygens (including phenoxy) is 1.